The van der Waals surface area contributed by atoms with E-state index in [-0.39, 0.29) is 18.3 Å². The predicted molar refractivity (Wildman–Crippen MR) is 63.0 cm³/mol. The number of carbonyl (C=O) groups is 1. The molecule has 0 bridgehead atoms. The van der Waals surface area contributed by atoms with Crippen molar-refractivity contribution in [3.63, 3.8) is 0 Å². The molecule has 94 valence electrons. The molecule has 0 radical (unpaired) electrons. The number of hydrogen-bond acceptors (Lipinski definition) is 5. The Kier molecular flexibility index (Phi) is 5.29. The van der Waals surface area contributed by atoms with Gasteiger partial charge < -0.3 is 19.9 Å². The molecule has 0 fully saturated rings. The summed E-state index contributed by atoms with van der Waals surface area (Å²) in [6.07, 6.45) is 0. The van der Waals surface area contributed by atoms with E-state index in [9.17, 15) is 9.90 Å². The van der Waals surface area contributed by atoms with E-state index in [0.29, 0.717) is 24.5 Å². The highest BCUT2D eigenvalue weighted by molar-refractivity contribution is 5.71. The first kappa shape index (κ1) is 13.3. The minimum atomic E-state index is -0.305. The van der Waals surface area contributed by atoms with Gasteiger partial charge in [0.05, 0.1) is 20.3 Å². The highest BCUT2D eigenvalue weighted by Crippen LogP contribution is 2.22. The van der Waals surface area contributed by atoms with E-state index in [1.165, 1.54) is 13.2 Å². The summed E-state index contributed by atoms with van der Waals surface area (Å²) in [4.78, 5) is 11.1. The van der Waals surface area contributed by atoms with Crippen LogP contribution in [0.15, 0.2) is 18.2 Å². The van der Waals surface area contributed by atoms with Crippen LogP contribution in [0.3, 0.4) is 0 Å². The van der Waals surface area contributed by atoms with Crippen molar-refractivity contribution in [2.75, 3.05) is 20.3 Å². The third kappa shape index (κ3) is 4.32. The molecule has 0 atom stereocenters. The van der Waals surface area contributed by atoms with E-state index in [1.54, 1.807) is 19.1 Å². The first-order valence-electron chi connectivity index (χ1n) is 5.39. The summed E-state index contributed by atoms with van der Waals surface area (Å²) >= 11 is 0. The summed E-state index contributed by atoms with van der Waals surface area (Å²) in [5, 5.41) is 12.5. The van der Waals surface area contributed by atoms with Crippen LogP contribution in [-0.2, 0) is 16.1 Å². The Bertz CT molecular complexity index is 379. The number of aromatic hydroxyl groups is 1. The summed E-state index contributed by atoms with van der Waals surface area (Å²) < 4.78 is 9.73. The SMILES string of the molecule is CCOC(=O)CNCc1ccc(OC)cc1O. The first-order chi connectivity index (χ1) is 8.17. The lowest BCUT2D eigenvalue weighted by atomic mass is 10.2. The van der Waals surface area contributed by atoms with Crippen LogP contribution in [0.2, 0.25) is 0 Å². The molecule has 0 unspecified atom stereocenters. The lowest BCUT2D eigenvalue weighted by Crippen LogP contribution is -2.24. The Morgan fingerprint density at radius 2 is 2.24 bits per heavy atom. The van der Waals surface area contributed by atoms with Gasteiger partial charge in [-0.3, -0.25) is 4.79 Å². The Hall–Kier alpha value is -1.75. The number of benzene rings is 1. The number of phenols is 1. The monoisotopic (exact) mass is 239 g/mol. The van der Waals surface area contributed by atoms with Crippen LogP contribution in [0.25, 0.3) is 0 Å². The van der Waals surface area contributed by atoms with Gasteiger partial charge in [-0.1, -0.05) is 6.07 Å². The minimum Gasteiger partial charge on any atom is -0.507 e. The Morgan fingerprint density at radius 1 is 1.47 bits per heavy atom. The zero-order valence-electron chi connectivity index (χ0n) is 10.0. The maximum Gasteiger partial charge on any atom is 0.319 e. The lowest BCUT2D eigenvalue weighted by molar-refractivity contribution is -0.142. The van der Waals surface area contributed by atoms with Crippen molar-refractivity contribution in [3.8, 4) is 11.5 Å². The molecule has 0 saturated heterocycles. The molecule has 0 aliphatic carbocycles. The Morgan fingerprint density at radius 3 is 2.82 bits per heavy atom. The molecule has 0 aromatic heterocycles. The fraction of sp³-hybridized carbons (Fsp3) is 0.417. The first-order valence-corrected chi connectivity index (χ1v) is 5.39. The Labute approximate surface area is 100 Å². The molecule has 2 N–H and O–H groups in total. The molecule has 5 nitrogen and oxygen atoms in total. The second kappa shape index (κ2) is 6.75. The molecule has 17 heavy (non-hydrogen) atoms. The summed E-state index contributed by atoms with van der Waals surface area (Å²) in [6.45, 7) is 2.65. The van der Waals surface area contributed by atoms with Crippen molar-refractivity contribution < 1.29 is 19.4 Å². The van der Waals surface area contributed by atoms with Gasteiger partial charge in [-0.2, -0.15) is 0 Å². The number of nitrogens with one attached hydrogen (secondary N) is 1. The fourth-order valence-electron chi connectivity index (χ4n) is 1.33. The van der Waals surface area contributed by atoms with Gasteiger partial charge in [-0.05, 0) is 13.0 Å². The summed E-state index contributed by atoms with van der Waals surface area (Å²) in [6, 6.07) is 5.02. The predicted octanol–water partition coefficient (Wildman–Crippen LogP) is 1.05. The van der Waals surface area contributed by atoms with Gasteiger partial charge in [0.1, 0.15) is 11.5 Å². The summed E-state index contributed by atoms with van der Waals surface area (Å²) in [5.74, 6) is 0.429. The van der Waals surface area contributed by atoms with Crippen LogP contribution in [0, 0.1) is 0 Å². The fourth-order valence-corrected chi connectivity index (χ4v) is 1.33. The van der Waals surface area contributed by atoms with Gasteiger partial charge in [0.15, 0.2) is 0 Å². The van der Waals surface area contributed by atoms with Crippen LogP contribution in [-0.4, -0.2) is 31.3 Å². The lowest BCUT2D eigenvalue weighted by Gasteiger charge is -2.08. The third-order valence-corrected chi connectivity index (χ3v) is 2.18. The van der Waals surface area contributed by atoms with Crippen LogP contribution in [0.5, 0.6) is 11.5 Å². The smallest absolute Gasteiger partial charge is 0.319 e. The van der Waals surface area contributed by atoms with Crippen molar-refractivity contribution in [2.24, 2.45) is 0 Å². The zero-order chi connectivity index (χ0) is 12.7. The third-order valence-electron chi connectivity index (χ3n) is 2.18. The van der Waals surface area contributed by atoms with Gasteiger partial charge in [0, 0.05) is 18.2 Å². The topological polar surface area (TPSA) is 67.8 Å². The van der Waals surface area contributed by atoms with Crippen LogP contribution >= 0.6 is 0 Å². The molecule has 5 heteroatoms. The molecule has 0 amide bonds. The van der Waals surface area contributed by atoms with E-state index in [1.807, 2.05) is 0 Å². The van der Waals surface area contributed by atoms with E-state index in [2.05, 4.69) is 5.32 Å². The molecule has 1 rings (SSSR count). The second-order valence-corrected chi connectivity index (χ2v) is 3.40. The quantitative estimate of drug-likeness (QED) is 0.726. The van der Waals surface area contributed by atoms with Crippen molar-refractivity contribution in [1.82, 2.24) is 5.32 Å². The Balaban J connectivity index is 2.44. The standard InChI is InChI=1S/C12H17NO4/c1-3-17-12(15)8-13-7-9-4-5-10(16-2)6-11(9)14/h4-6,13-14H,3,7-8H2,1-2H3. The molecule has 0 spiro atoms. The van der Waals surface area contributed by atoms with Crippen molar-refractivity contribution >= 4 is 5.97 Å². The van der Waals surface area contributed by atoms with E-state index < -0.39 is 0 Å². The van der Waals surface area contributed by atoms with E-state index in [4.69, 9.17) is 9.47 Å². The highest BCUT2D eigenvalue weighted by atomic mass is 16.5. The summed E-state index contributed by atoms with van der Waals surface area (Å²) in [7, 11) is 1.54. The molecule has 0 aliphatic rings. The minimum absolute atomic E-state index is 0.124. The summed E-state index contributed by atoms with van der Waals surface area (Å²) in [5.41, 5.74) is 0.704. The van der Waals surface area contributed by atoms with Crippen LogP contribution in [0.4, 0.5) is 0 Å². The molecule has 1 aromatic rings. The number of rotatable bonds is 6. The number of methoxy groups -OCH3 is 1. The van der Waals surface area contributed by atoms with Gasteiger partial charge in [0.2, 0.25) is 0 Å². The van der Waals surface area contributed by atoms with Crippen molar-refractivity contribution in [1.29, 1.82) is 0 Å². The average Bonchev–Trinajstić information content (AvgIpc) is 2.31. The number of carbonyl (C=O) groups excluding carboxylic acids is 1. The van der Waals surface area contributed by atoms with Crippen LogP contribution in [0.1, 0.15) is 12.5 Å². The van der Waals surface area contributed by atoms with Gasteiger partial charge >= 0.3 is 5.97 Å². The maximum atomic E-state index is 11.1. The van der Waals surface area contributed by atoms with Crippen molar-refractivity contribution in [2.45, 2.75) is 13.5 Å². The molecule has 0 aliphatic heterocycles. The largest absolute Gasteiger partial charge is 0.507 e. The highest BCUT2D eigenvalue weighted by Gasteiger charge is 2.04. The normalized spacial score (nSPS) is 10.0. The molecular weight excluding hydrogens is 222 g/mol. The zero-order valence-corrected chi connectivity index (χ0v) is 10.0. The average molecular weight is 239 g/mol. The van der Waals surface area contributed by atoms with E-state index in [0.717, 1.165) is 0 Å². The van der Waals surface area contributed by atoms with Gasteiger partial charge in [-0.15, -0.1) is 0 Å². The molecule has 1 aromatic carbocycles. The van der Waals surface area contributed by atoms with Gasteiger partial charge in [-0.25, -0.2) is 0 Å². The number of phenolic OH excluding ortho intramolecular Hbond substituents is 1. The maximum absolute atomic E-state index is 11.1. The van der Waals surface area contributed by atoms with Crippen molar-refractivity contribution in [3.05, 3.63) is 23.8 Å². The second-order valence-electron chi connectivity index (χ2n) is 3.40. The molecular formula is C12H17NO4. The molecule has 0 saturated carbocycles. The van der Waals surface area contributed by atoms with E-state index >= 15 is 0 Å². The number of hydrogen-bond donors (Lipinski definition) is 2. The number of esters is 1. The number of ether oxygens (including phenoxy) is 2. The van der Waals surface area contributed by atoms with Gasteiger partial charge in [0.25, 0.3) is 0 Å². The molecule has 0 heterocycles. The van der Waals surface area contributed by atoms with Crippen LogP contribution < -0.4 is 10.1 Å².